The van der Waals surface area contributed by atoms with Crippen LogP contribution in [0.4, 0.5) is 10.1 Å². The molecule has 0 saturated carbocycles. The third-order valence-corrected chi connectivity index (χ3v) is 7.92. The number of anilines is 1. The van der Waals surface area contributed by atoms with Crippen LogP contribution in [0.15, 0.2) is 47.4 Å². The molecule has 1 heterocycles. The second kappa shape index (κ2) is 11.3. The van der Waals surface area contributed by atoms with E-state index >= 15 is 0 Å². The van der Waals surface area contributed by atoms with E-state index in [1.54, 1.807) is 0 Å². The van der Waals surface area contributed by atoms with Crippen molar-refractivity contribution in [2.24, 2.45) is 0 Å². The minimum absolute atomic E-state index is 0.0704. The first-order valence-electron chi connectivity index (χ1n) is 10.9. The van der Waals surface area contributed by atoms with Gasteiger partial charge in [-0.15, -0.1) is 0 Å². The summed E-state index contributed by atoms with van der Waals surface area (Å²) < 4.78 is 40.3. The predicted molar refractivity (Wildman–Crippen MR) is 129 cm³/mol. The van der Waals surface area contributed by atoms with Crippen LogP contribution in [0.2, 0.25) is 5.02 Å². The molecule has 0 atom stereocenters. The van der Waals surface area contributed by atoms with Gasteiger partial charge in [-0.05, 0) is 68.9 Å². The lowest BCUT2D eigenvalue weighted by molar-refractivity contribution is 0.0952. The van der Waals surface area contributed by atoms with Gasteiger partial charge in [0.15, 0.2) is 0 Å². The monoisotopic (exact) mass is 496 g/mol. The summed E-state index contributed by atoms with van der Waals surface area (Å²) in [5.41, 5.74) is 0.405. The summed E-state index contributed by atoms with van der Waals surface area (Å²) in [6.07, 6.45) is 1.79. The molecule has 2 aromatic carbocycles. The Labute approximate surface area is 200 Å². The molecule has 1 amide bonds. The van der Waals surface area contributed by atoms with Crippen molar-refractivity contribution < 1.29 is 17.6 Å². The van der Waals surface area contributed by atoms with E-state index in [0.717, 1.165) is 49.9 Å². The minimum Gasteiger partial charge on any atom is -0.352 e. The Balaban J connectivity index is 1.58. The zero-order valence-corrected chi connectivity index (χ0v) is 20.5. The Kier molecular flexibility index (Phi) is 8.69. The molecular formula is C23H30ClFN4O3S. The zero-order valence-electron chi connectivity index (χ0n) is 18.9. The van der Waals surface area contributed by atoms with Crippen molar-refractivity contribution in [2.45, 2.75) is 17.7 Å². The molecule has 1 fully saturated rings. The molecule has 10 heteroatoms. The van der Waals surface area contributed by atoms with Gasteiger partial charge in [-0.3, -0.25) is 9.10 Å². The van der Waals surface area contributed by atoms with Crippen LogP contribution < -0.4 is 9.62 Å². The normalized spacial score (nSPS) is 15.4. The molecule has 7 nitrogen and oxygen atoms in total. The molecule has 0 radical (unpaired) electrons. The average molecular weight is 497 g/mol. The first-order valence-corrected chi connectivity index (χ1v) is 12.7. The highest BCUT2D eigenvalue weighted by molar-refractivity contribution is 7.92. The van der Waals surface area contributed by atoms with Gasteiger partial charge < -0.3 is 15.1 Å². The fourth-order valence-electron chi connectivity index (χ4n) is 3.62. The van der Waals surface area contributed by atoms with Gasteiger partial charge in [0.2, 0.25) is 0 Å². The third-order valence-electron chi connectivity index (χ3n) is 5.81. The van der Waals surface area contributed by atoms with Gasteiger partial charge in [0.25, 0.3) is 15.9 Å². The molecule has 1 saturated heterocycles. The highest BCUT2D eigenvalue weighted by Gasteiger charge is 2.24. The van der Waals surface area contributed by atoms with Crippen LogP contribution in [0.25, 0.3) is 0 Å². The van der Waals surface area contributed by atoms with Crippen LogP contribution in [0.1, 0.15) is 23.2 Å². The highest BCUT2D eigenvalue weighted by atomic mass is 35.5. The van der Waals surface area contributed by atoms with Gasteiger partial charge in [-0.1, -0.05) is 11.6 Å². The topological polar surface area (TPSA) is 73.0 Å². The van der Waals surface area contributed by atoms with Gasteiger partial charge in [-0.2, -0.15) is 0 Å². The van der Waals surface area contributed by atoms with Crippen molar-refractivity contribution in [3.8, 4) is 0 Å². The Morgan fingerprint density at radius 3 is 2.42 bits per heavy atom. The molecule has 0 aliphatic carbocycles. The summed E-state index contributed by atoms with van der Waals surface area (Å²) in [5, 5.41) is 3.00. The van der Waals surface area contributed by atoms with Crippen LogP contribution in [-0.4, -0.2) is 77.5 Å². The predicted octanol–water partition coefficient (Wildman–Crippen LogP) is 3.06. The van der Waals surface area contributed by atoms with E-state index in [2.05, 4.69) is 22.2 Å². The molecule has 0 spiro atoms. The summed E-state index contributed by atoms with van der Waals surface area (Å²) in [7, 11) is -0.463. The SMILES string of the molecule is CN1CCN(CCCCNC(=O)c2cc(S(=O)(=O)N(C)c3ccc(F)cc3)ccc2Cl)CC1. The molecule has 180 valence electrons. The maximum absolute atomic E-state index is 13.2. The van der Waals surface area contributed by atoms with Crippen molar-refractivity contribution in [3.63, 3.8) is 0 Å². The van der Waals surface area contributed by atoms with Gasteiger partial charge >= 0.3 is 0 Å². The lowest BCUT2D eigenvalue weighted by Crippen LogP contribution is -2.44. The number of carbonyl (C=O) groups excluding carboxylic acids is 1. The van der Waals surface area contributed by atoms with Crippen LogP contribution >= 0.6 is 11.6 Å². The number of amides is 1. The van der Waals surface area contributed by atoms with E-state index < -0.39 is 21.7 Å². The zero-order chi connectivity index (χ0) is 24.0. The third kappa shape index (κ3) is 6.66. The number of nitrogens with one attached hydrogen (secondary N) is 1. The standard InChI is InChI=1S/C23H30ClFN4O3S/c1-27-13-15-29(16-14-27)12-4-3-11-26-23(30)21-17-20(9-10-22(21)24)33(31,32)28(2)19-7-5-18(25)6-8-19/h5-10,17H,3-4,11-16H2,1-2H3,(H,26,30). The molecule has 33 heavy (non-hydrogen) atoms. The summed E-state index contributed by atoms with van der Waals surface area (Å²) >= 11 is 6.19. The lowest BCUT2D eigenvalue weighted by Gasteiger charge is -2.32. The largest absolute Gasteiger partial charge is 0.352 e. The average Bonchev–Trinajstić information content (AvgIpc) is 2.80. The number of carbonyl (C=O) groups is 1. The maximum Gasteiger partial charge on any atom is 0.264 e. The smallest absolute Gasteiger partial charge is 0.264 e. The molecule has 3 rings (SSSR count). The van der Waals surface area contributed by atoms with Gasteiger partial charge in [0.05, 0.1) is 21.2 Å². The van der Waals surface area contributed by atoms with Gasteiger partial charge in [0, 0.05) is 39.8 Å². The lowest BCUT2D eigenvalue weighted by atomic mass is 10.2. The number of unbranched alkanes of at least 4 members (excludes halogenated alkanes) is 1. The maximum atomic E-state index is 13.2. The van der Waals surface area contributed by atoms with Crippen molar-refractivity contribution in [1.29, 1.82) is 0 Å². The summed E-state index contributed by atoms with van der Waals surface area (Å²) in [5.74, 6) is -0.875. The van der Waals surface area contributed by atoms with E-state index in [1.165, 1.54) is 49.5 Å². The van der Waals surface area contributed by atoms with E-state index in [1.807, 2.05) is 0 Å². The number of nitrogens with zero attached hydrogens (tertiary/aromatic N) is 3. The Morgan fingerprint density at radius 1 is 1.09 bits per heavy atom. The fraction of sp³-hybridized carbons (Fsp3) is 0.435. The second-order valence-electron chi connectivity index (χ2n) is 8.20. The summed E-state index contributed by atoms with van der Waals surface area (Å²) in [4.78, 5) is 17.3. The number of hydrogen-bond donors (Lipinski definition) is 1. The molecular weight excluding hydrogens is 467 g/mol. The Bertz CT molecular complexity index is 1060. The molecule has 1 N–H and O–H groups in total. The summed E-state index contributed by atoms with van der Waals surface area (Å²) in [6, 6.07) is 9.14. The first kappa shape index (κ1) is 25.4. The number of sulfonamides is 1. The van der Waals surface area contributed by atoms with Crippen molar-refractivity contribution in [2.75, 3.05) is 57.7 Å². The minimum atomic E-state index is -3.96. The summed E-state index contributed by atoms with van der Waals surface area (Å²) in [6.45, 7) is 5.75. The molecule has 0 aromatic heterocycles. The first-order chi connectivity index (χ1) is 15.7. The van der Waals surface area contributed by atoms with Crippen molar-refractivity contribution in [1.82, 2.24) is 15.1 Å². The highest BCUT2D eigenvalue weighted by Crippen LogP contribution is 2.26. The van der Waals surface area contributed by atoms with Gasteiger partial charge in [-0.25, -0.2) is 12.8 Å². The van der Waals surface area contributed by atoms with Crippen molar-refractivity contribution in [3.05, 3.63) is 58.9 Å². The van der Waals surface area contributed by atoms with E-state index in [4.69, 9.17) is 11.6 Å². The Morgan fingerprint density at radius 2 is 1.76 bits per heavy atom. The number of benzene rings is 2. The molecule has 1 aliphatic rings. The van der Waals surface area contributed by atoms with E-state index in [-0.39, 0.29) is 15.5 Å². The van der Waals surface area contributed by atoms with Crippen LogP contribution in [0, 0.1) is 5.82 Å². The number of likely N-dealkylation sites (N-methyl/N-ethyl adjacent to an activating group) is 1. The second-order valence-corrected chi connectivity index (χ2v) is 10.6. The quantitative estimate of drug-likeness (QED) is 0.540. The molecule has 1 aliphatic heterocycles. The fourth-order valence-corrected chi connectivity index (χ4v) is 5.04. The number of hydrogen-bond acceptors (Lipinski definition) is 5. The molecule has 2 aromatic rings. The van der Waals surface area contributed by atoms with Crippen LogP contribution in [0.5, 0.6) is 0 Å². The van der Waals surface area contributed by atoms with E-state index in [0.29, 0.717) is 12.2 Å². The number of rotatable bonds is 9. The number of halogens is 2. The van der Waals surface area contributed by atoms with Gasteiger partial charge in [0.1, 0.15) is 5.82 Å². The van der Waals surface area contributed by atoms with Crippen LogP contribution in [-0.2, 0) is 10.0 Å². The Hall–Kier alpha value is -2.20. The van der Waals surface area contributed by atoms with E-state index in [9.17, 15) is 17.6 Å². The van der Waals surface area contributed by atoms with Crippen LogP contribution in [0.3, 0.4) is 0 Å². The van der Waals surface area contributed by atoms with Crippen molar-refractivity contribution >= 4 is 33.2 Å². The number of piperazine rings is 1. The molecule has 0 unspecified atom stereocenters. The molecule has 0 bridgehead atoms.